The van der Waals surface area contributed by atoms with Gasteiger partial charge in [-0.25, -0.2) is 19.7 Å². The van der Waals surface area contributed by atoms with Gasteiger partial charge in [0.05, 0.1) is 17.0 Å². The average Bonchev–Trinajstić information content (AvgIpc) is 3.26. The van der Waals surface area contributed by atoms with E-state index < -0.39 is 6.09 Å². The van der Waals surface area contributed by atoms with E-state index in [1.165, 1.54) is 11.2 Å². The van der Waals surface area contributed by atoms with Gasteiger partial charge in [0.25, 0.3) is 0 Å². The smallest absolute Gasteiger partial charge is 0.407 e. The maximum absolute atomic E-state index is 11.7. The lowest BCUT2D eigenvalue weighted by atomic mass is 10.1. The minimum Gasteiger partial charge on any atom is -0.465 e. The molecule has 5 rings (SSSR count). The fourth-order valence-corrected chi connectivity index (χ4v) is 4.49. The van der Waals surface area contributed by atoms with Gasteiger partial charge in [0.1, 0.15) is 18.0 Å². The first-order valence-electron chi connectivity index (χ1n) is 10.9. The molecule has 1 fully saturated rings. The lowest BCUT2D eigenvalue weighted by Gasteiger charge is -2.43. The highest BCUT2D eigenvalue weighted by Gasteiger charge is 2.34. The average molecular weight is 454 g/mol. The number of fused-ring (bicyclic) bond motifs is 1. The number of amides is 1. The summed E-state index contributed by atoms with van der Waals surface area (Å²) in [5.74, 6) is 1.30. The van der Waals surface area contributed by atoms with Gasteiger partial charge >= 0.3 is 6.09 Å². The largest absolute Gasteiger partial charge is 0.465 e. The lowest BCUT2D eigenvalue weighted by molar-refractivity contribution is 0.114. The normalized spacial score (nSPS) is 18.1. The predicted octanol–water partition coefficient (Wildman–Crippen LogP) is 3.33. The van der Waals surface area contributed by atoms with Crippen LogP contribution in [0.1, 0.15) is 19.4 Å². The summed E-state index contributed by atoms with van der Waals surface area (Å²) in [5.41, 5.74) is 2.91. The number of nitriles is 1. The summed E-state index contributed by atoms with van der Waals surface area (Å²) in [4.78, 5) is 33.2. The Kier molecular flexibility index (Phi) is 5.30. The van der Waals surface area contributed by atoms with Crippen LogP contribution in [0.3, 0.4) is 0 Å². The number of pyridine rings is 2. The van der Waals surface area contributed by atoms with E-state index in [1.807, 2.05) is 36.7 Å². The van der Waals surface area contributed by atoms with Crippen LogP contribution in [0.2, 0.25) is 0 Å². The molecule has 4 aromatic rings. The fourth-order valence-electron chi connectivity index (χ4n) is 4.49. The molecule has 2 atom stereocenters. The molecule has 1 N–H and O–H groups in total. The molecule has 10 heteroatoms. The van der Waals surface area contributed by atoms with Crippen LogP contribution in [0.25, 0.3) is 28.0 Å². The molecular formula is C24H22N8O2. The fraction of sp³-hybridized carbons (Fsp3) is 0.250. The van der Waals surface area contributed by atoms with Crippen molar-refractivity contribution in [3.63, 3.8) is 0 Å². The van der Waals surface area contributed by atoms with Crippen molar-refractivity contribution in [1.29, 1.82) is 5.26 Å². The van der Waals surface area contributed by atoms with E-state index >= 15 is 0 Å². The number of rotatable bonds is 3. The zero-order chi connectivity index (χ0) is 23.8. The Morgan fingerprint density at radius 3 is 2.74 bits per heavy atom. The SMILES string of the molecule is CC1CN(c2ncnc3c2c(-c2cccnc2)cn3-c2cc(C#N)ccn2)C(C)CN1C(=O)O. The molecule has 0 aromatic carbocycles. The first kappa shape index (κ1) is 21.3. The molecule has 0 saturated carbocycles. The van der Waals surface area contributed by atoms with E-state index in [4.69, 9.17) is 0 Å². The van der Waals surface area contributed by atoms with Crippen LogP contribution >= 0.6 is 0 Å². The number of anilines is 1. The van der Waals surface area contributed by atoms with Crippen molar-refractivity contribution in [3.8, 4) is 23.0 Å². The van der Waals surface area contributed by atoms with Gasteiger partial charge in [0.2, 0.25) is 0 Å². The molecular weight excluding hydrogens is 432 g/mol. The van der Waals surface area contributed by atoms with Crippen LogP contribution in [0.15, 0.2) is 55.4 Å². The van der Waals surface area contributed by atoms with E-state index in [2.05, 4.69) is 30.9 Å². The summed E-state index contributed by atoms with van der Waals surface area (Å²) < 4.78 is 1.85. The van der Waals surface area contributed by atoms with E-state index in [0.717, 1.165) is 22.3 Å². The third-order valence-corrected chi connectivity index (χ3v) is 6.16. The number of aromatic nitrogens is 5. The summed E-state index contributed by atoms with van der Waals surface area (Å²) in [6.45, 7) is 4.76. The number of carboxylic acid groups (broad SMARTS) is 1. The predicted molar refractivity (Wildman–Crippen MR) is 126 cm³/mol. The summed E-state index contributed by atoms with van der Waals surface area (Å²) >= 11 is 0. The Hall–Kier alpha value is -4.52. The van der Waals surface area contributed by atoms with Gasteiger partial charge in [-0.2, -0.15) is 5.26 Å². The number of carbonyl (C=O) groups is 1. The molecule has 10 nitrogen and oxygen atoms in total. The van der Waals surface area contributed by atoms with Gasteiger partial charge in [-0.1, -0.05) is 6.07 Å². The Morgan fingerprint density at radius 2 is 2.00 bits per heavy atom. The first-order chi connectivity index (χ1) is 16.5. The van der Waals surface area contributed by atoms with Crippen LogP contribution in [-0.4, -0.2) is 65.8 Å². The van der Waals surface area contributed by atoms with E-state index in [9.17, 15) is 15.2 Å². The molecule has 1 amide bonds. The molecule has 2 unspecified atom stereocenters. The molecule has 0 radical (unpaired) electrons. The Bertz CT molecular complexity index is 1410. The Labute approximate surface area is 195 Å². The highest BCUT2D eigenvalue weighted by molar-refractivity contribution is 6.02. The Morgan fingerprint density at radius 1 is 1.15 bits per heavy atom. The maximum atomic E-state index is 11.7. The van der Waals surface area contributed by atoms with Crippen molar-refractivity contribution in [2.45, 2.75) is 25.9 Å². The van der Waals surface area contributed by atoms with Gasteiger partial charge in [-0.05, 0) is 32.0 Å². The van der Waals surface area contributed by atoms with E-state index in [1.54, 1.807) is 30.7 Å². The van der Waals surface area contributed by atoms with Crippen LogP contribution in [-0.2, 0) is 0 Å². The van der Waals surface area contributed by atoms with Crippen molar-refractivity contribution in [2.75, 3.05) is 18.0 Å². The van der Waals surface area contributed by atoms with Gasteiger partial charge in [-0.3, -0.25) is 9.55 Å². The summed E-state index contributed by atoms with van der Waals surface area (Å²) in [6.07, 6.45) is 7.62. The molecule has 0 bridgehead atoms. The molecule has 170 valence electrons. The standard InChI is InChI=1S/C24H22N8O2/c1-15-12-31(24(33)34)16(2)11-30(15)22-21-19(18-4-3-6-26-10-18)13-32(23(21)29-14-28-22)20-8-17(9-25)5-7-27-20/h3-8,10,13-16H,11-12H2,1-2H3,(H,33,34). The van der Waals surface area contributed by atoms with Crippen molar-refractivity contribution in [3.05, 3.63) is 60.9 Å². The molecule has 0 aliphatic carbocycles. The molecule has 1 aliphatic rings. The van der Waals surface area contributed by atoms with Crippen LogP contribution < -0.4 is 4.90 Å². The quantitative estimate of drug-likeness (QED) is 0.500. The highest BCUT2D eigenvalue weighted by atomic mass is 16.4. The van der Waals surface area contributed by atoms with Gasteiger partial charge in [0, 0.05) is 61.1 Å². The highest BCUT2D eigenvalue weighted by Crippen LogP contribution is 2.37. The van der Waals surface area contributed by atoms with E-state index in [0.29, 0.717) is 30.1 Å². The van der Waals surface area contributed by atoms with Crippen molar-refractivity contribution in [1.82, 2.24) is 29.4 Å². The monoisotopic (exact) mass is 454 g/mol. The van der Waals surface area contributed by atoms with Gasteiger partial charge in [-0.15, -0.1) is 0 Å². The number of nitrogens with zero attached hydrogens (tertiary/aromatic N) is 8. The Balaban J connectivity index is 1.72. The molecule has 1 saturated heterocycles. The zero-order valence-corrected chi connectivity index (χ0v) is 18.7. The van der Waals surface area contributed by atoms with Crippen LogP contribution in [0.5, 0.6) is 0 Å². The molecule has 1 aliphatic heterocycles. The van der Waals surface area contributed by atoms with Crippen molar-refractivity contribution < 1.29 is 9.90 Å². The van der Waals surface area contributed by atoms with E-state index in [-0.39, 0.29) is 12.1 Å². The molecule has 5 heterocycles. The second-order valence-electron chi connectivity index (χ2n) is 8.35. The summed E-state index contributed by atoms with van der Waals surface area (Å²) in [6, 6.07) is 9.07. The third-order valence-electron chi connectivity index (χ3n) is 6.16. The topological polar surface area (TPSA) is 124 Å². The minimum atomic E-state index is -0.919. The molecule has 34 heavy (non-hydrogen) atoms. The van der Waals surface area contributed by atoms with Crippen molar-refractivity contribution >= 4 is 22.9 Å². The third kappa shape index (κ3) is 3.57. The van der Waals surface area contributed by atoms with Crippen LogP contribution in [0.4, 0.5) is 10.6 Å². The van der Waals surface area contributed by atoms with Crippen molar-refractivity contribution in [2.24, 2.45) is 0 Å². The first-order valence-corrected chi connectivity index (χ1v) is 10.9. The maximum Gasteiger partial charge on any atom is 0.407 e. The summed E-state index contributed by atoms with van der Waals surface area (Å²) in [5, 5.41) is 19.7. The number of hydrogen-bond acceptors (Lipinski definition) is 7. The zero-order valence-electron chi connectivity index (χ0n) is 18.7. The molecule has 4 aromatic heterocycles. The van der Waals surface area contributed by atoms with Gasteiger partial charge < -0.3 is 14.9 Å². The lowest BCUT2D eigenvalue weighted by Crippen LogP contribution is -2.58. The summed E-state index contributed by atoms with van der Waals surface area (Å²) in [7, 11) is 0. The van der Waals surface area contributed by atoms with Gasteiger partial charge in [0.15, 0.2) is 5.65 Å². The minimum absolute atomic E-state index is 0.0875. The number of hydrogen-bond donors (Lipinski definition) is 1. The number of piperazine rings is 1. The second-order valence-corrected chi connectivity index (χ2v) is 8.35. The second kappa shape index (κ2) is 8.44. The molecule has 0 spiro atoms. The van der Waals surface area contributed by atoms with Crippen LogP contribution in [0, 0.1) is 11.3 Å².